The highest BCUT2D eigenvalue weighted by Crippen LogP contribution is 2.60. The zero-order chi connectivity index (χ0) is 22.8. The quantitative estimate of drug-likeness (QED) is 0.651. The van der Waals surface area contributed by atoms with Gasteiger partial charge in [-0.05, 0) is 38.2 Å². The van der Waals surface area contributed by atoms with E-state index in [0.29, 0.717) is 6.54 Å². The van der Waals surface area contributed by atoms with Crippen LogP contribution in [0.2, 0.25) is 0 Å². The number of carbonyl (C=O) groups is 3. The van der Waals surface area contributed by atoms with Crippen LogP contribution in [0.3, 0.4) is 0 Å². The lowest BCUT2D eigenvalue weighted by atomic mass is 9.70. The van der Waals surface area contributed by atoms with Gasteiger partial charge < -0.3 is 20.3 Å². The fourth-order valence-electron chi connectivity index (χ4n) is 6.45. The van der Waals surface area contributed by atoms with E-state index in [9.17, 15) is 14.4 Å². The van der Waals surface area contributed by atoms with Gasteiger partial charge in [0.2, 0.25) is 17.7 Å². The van der Waals surface area contributed by atoms with Crippen LogP contribution in [0.5, 0.6) is 0 Å². The van der Waals surface area contributed by atoms with Gasteiger partial charge >= 0.3 is 0 Å². The predicted octanol–water partition coefficient (Wildman–Crippen LogP) is 2.06. The zero-order valence-electron chi connectivity index (χ0n) is 19.0. The summed E-state index contributed by atoms with van der Waals surface area (Å²) in [6.45, 7) is 2.18. The van der Waals surface area contributed by atoms with E-state index in [1.54, 1.807) is 4.90 Å². The largest absolute Gasteiger partial charge is 0.356 e. The van der Waals surface area contributed by atoms with Crippen molar-refractivity contribution in [1.82, 2.24) is 15.5 Å². The fraction of sp³-hybridized carbons (Fsp3) is 0.577. The van der Waals surface area contributed by atoms with Gasteiger partial charge in [0, 0.05) is 18.6 Å². The third-order valence-corrected chi connectivity index (χ3v) is 8.15. The van der Waals surface area contributed by atoms with E-state index in [1.165, 1.54) is 0 Å². The maximum Gasteiger partial charge on any atom is 0.246 e. The zero-order valence-corrected chi connectivity index (χ0v) is 19.0. The lowest BCUT2D eigenvalue weighted by molar-refractivity contribution is -0.145. The number of nitrogens with zero attached hydrogens (tertiary/aromatic N) is 1. The molecule has 33 heavy (non-hydrogen) atoms. The van der Waals surface area contributed by atoms with Crippen LogP contribution in [0.1, 0.15) is 51.0 Å². The average Bonchev–Trinajstić information content (AvgIpc) is 3.13. The second-order valence-electron chi connectivity index (χ2n) is 10.6. The molecule has 1 aromatic carbocycles. The van der Waals surface area contributed by atoms with Gasteiger partial charge in [0.1, 0.15) is 11.6 Å². The second kappa shape index (κ2) is 7.42. The number of nitrogens with one attached hydrogen (secondary N) is 2. The average molecular weight is 450 g/mol. The minimum Gasteiger partial charge on any atom is -0.356 e. The van der Waals surface area contributed by atoms with E-state index in [0.717, 1.165) is 44.1 Å². The van der Waals surface area contributed by atoms with Crippen molar-refractivity contribution in [3.63, 3.8) is 0 Å². The van der Waals surface area contributed by atoms with Crippen LogP contribution in [0.15, 0.2) is 42.5 Å². The van der Waals surface area contributed by atoms with Crippen molar-refractivity contribution in [2.45, 2.75) is 81.3 Å². The molecule has 2 saturated carbocycles. The monoisotopic (exact) mass is 449 g/mol. The maximum absolute atomic E-state index is 13.9. The van der Waals surface area contributed by atoms with Gasteiger partial charge in [-0.2, -0.15) is 0 Å². The Bertz CT molecular complexity index is 1020. The van der Waals surface area contributed by atoms with Crippen LogP contribution in [0, 0.1) is 11.8 Å². The molecule has 1 aromatic rings. The molecule has 174 valence electrons. The van der Waals surface area contributed by atoms with Crippen molar-refractivity contribution < 1.29 is 19.1 Å². The minimum absolute atomic E-state index is 0.133. The summed E-state index contributed by atoms with van der Waals surface area (Å²) in [7, 11) is 0. The maximum atomic E-state index is 13.9. The molecule has 2 bridgehead atoms. The lowest BCUT2D eigenvalue weighted by Crippen LogP contribution is -2.56. The normalized spacial score (nSPS) is 36.9. The molecule has 7 heteroatoms. The van der Waals surface area contributed by atoms with E-state index in [4.69, 9.17) is 4.74 Å². The summed E-state index contributed by atoms with van der Waals surface area (Å²) in [5.41, 5.74) is -1.05. The first-order chi connectivity index (χ1) is 15.9. The summed E-state index contributed by atoms with van der Waals surface area (Å²) in [6.07, 6.45) is 9.87. The third-order valence-electron chi connectivity index (χ3n) is 8.15. The van der Waals surface area contributed by atoms with Crippen LogP contribution in [-0.4, -0.2) is 51.9 Å². The molecule has 5 aliphatic rings. The summed E-state index contributed by atoms with van der Waals surface area (Å²) < 4.78 is 6.55. The van der Waals surface area contributed by atoms with Gasteiger partial charge in [0.05, 0.1) is 17.4 Å². The Labute approximate surface area is 193 Å². The van der Waals surface area contributed by atoms with Crippen LogP contribution < -0.4 is 10.6 Å². The van der Waals surface area contributed by atoms with Crippen LogP contribution >= 0.6 is 0 Å². The van der Waals surface area contributed by atoms with Crippen molar-refractivity contribution in [1.29, 1.82) is 0 Å². The first-order valence-electron chi connectivity index (χ1n) is 12.3. The molecule has 1 spiro atoms. The van der Waals surface area contributed by atoms with E-state index < -0.39 is 29.1 Å². The number of hydrogen-bond acceptors (Lipinski definition) is 4. The summed E-state index contributed by atoms with van der Waals surface area (Å²) >= 11 is 0. The first kappa shape index (κ1) is 20.9. The number of benzene rings is 1. The van der Waals surface area contributed by atoms with Crippen molar-refractivity contribution in [2.24, 2.45) is 11.8 Å². The van der Waals surface area contributed by atoms with Crippen LogP contribution in [-0.2, 0) is 25.7 Å². The van der Waals surface area contributed by atoms with E-state index in [-0.39, 0.29) is 29.8 Å². The van der Waals surface area contributed by atoms with E-state index in [1.807, 2.05) is 49.4 Å². The SMILES string of the molecule is C[C@@]12C=C[C@]3(O1)[C@H](C(=O)N(Cc1ccccc1)[C@@H]3C(=O)NC1CCCC1)[C@@H]2C(=O)NC1CC1. The summed E-state index contributed by atoms with van der Waals surface area (Å²) in [5.74, 6) is -1.83. The first-order valence-corrected chi connectivity index (χ1v) is 12.3. The van der Waals surface area contributed by atoms with Crippen LogP contribution in [0.25, 0.3) is 0 Å². The highest BCUT2D eigenvalue weighted by atomic mass is 16.5. The molecule has 2 aliphatic carbocycles. The van der Waals surface area contributed by atoms with E-state index in [2.05, 4.69) is 10.6 Å². The molecule has 2 N–H and O–H groups in total. The van der Waals surface area contributed by atoms with Gasteiger partial charge in [0.25, 0.3) is 0 Å². The molecule has 3 amide bonds. The number of carbonyl (C=O) groups excluding carboxylic acids is 3. The van der Waals surface area contributed by atoms with Gasteiger partial charge in [-0.15, -0.1) is 0 Å². The van der Waals surface area contributed by atoms with Gasteiger partial charge in [-0.3, -0.25) is 14.4 Å². The van der Waals surface area contributed by atoms with Gasteiger partial charge in [-0.1, -0.05) is 55.3 Å². The van der Waals surface area contributed by atoms with Crippen molar-refractivity contribution in [2.75, 3.05) is 0 Å². The smallest absolute Gasteiger partial charge is 0.246 e. The number of fused-ring (bicyclic) bond motifs is 1. The highest BCUT2D eigenvalue weighted by Gasteiger charge is 2.76. The third kappa shape index (κ3) is 3.23. The molecule has 6 rings (SSSR count). The number of amides is 3. The molecule has 3 aliphatic heterocycles. The number of rotatable bonds is 6. The molecule has 2 saturated heterocycles. The molecule has 0 radical (unpaired) electrons. The summed E-state index contributed by atoms with van der Waals surface area (Å²) in [4.78, 5) is 42.6. The standard InChI is InChI=1S/C26H31N3O4/c1-25-13-14-26(33-25)20(19(25)22(30)27-18-11-12-18)24(32)29(15-16-7-3-2-4-8-16)21(26)23(31)28-17-9-5-6-10-17/h2-4,7-8,13-14,17-21H,5-6,9-12,15H2,1H3,(H,27,30)(H,28,31)/t19-,20+,21-,25+,26+/m1/s1. The Kier molecular flexibility index (Phi) is 4.70. The molecule has 0 aromatic heterocycles. The highest BCUT2D eigenvalue weighted by molar-refractivity contribution is 6.00. The Hall–Kier alpha value is -2.67. The lowest BCUT2D eigenvalue weighted by Gasteiger charge is -2.33. The Morgan fingerprint density at radius 1 is 1.00 bits per heavy atom. The summed E-state index contributed by atoms with van der Waals surface area (Å²) in [5, 5.41) is 6.28. The van der Waals surface area contributed by atoms with Crippen molar-refractivity contribution in [3.8, 4) is 0 Å². The molecule has 4 fully saturated rings. The molecule has 5 atom stereocenters. The van der Waals surface area contributed by atoms with E-state index >= 15 is 0 Å². The predicted molar refractivity (Wildman–Crippen MR) is 121 cm³/mol. The Morgan fingerprint density at radius 3 is 2.36 bits per heavy atom. The topological polar surface area (TPSA) is 87.7 Å². The number of ether oxygens (including phenoxy) is 1. The fourth-order valence-corrected chi connectivity index (χ4v) is 6.45. The molecule has 3 heterocycles. The number of likely N-dealkylation sites (tertiary alicyclic amines) is 1. The molecule has 7 nitrogen and oxygen atoms in total. The second-order valence-corrected chi connectivity index (χ2v) is 10.6. The summed E-state index contributed by atoms with van der Waals surface area (Å²) in [6, 6.07) is 9.23. The Balaban J connectivity index is 1.37. The van der Waals surface area contributed by atoms with Crippen molar-refractivity contribution >= 4 is 17.7 Å². The van der Waals surface area contributed by atoms with Gasteiger partial charge in [-0.25, -0.2) is 0 Å². The molecular weight excluding hydrogens is 418 g/mol. The number of hydrogen-bond donors (Lipinski definition) is 2. The molecule has 0 unspecified atom stereocenters. The van der Waals surface area contributed by atoms with Crippen LogP contribution in [0.4, 0.5) is 0 Å². The molecular formula is C26H31N3O4. The van der Waals surface area contributed by atoms with Crippen molar-refractivity contribution in [3.05, 3.63) is 48.0 Å². The Morgan fingerprint density at radius 2 is 1.67 bits per heavy atom. The minimum atomic E-state index is -1.12. The van der Waals surface area contributed by atoms with Gasteiger partial charge in [0.15, 0.2) is 0 Å².